The van der Waals surface area contributed by atoms with Gasteiger partial charge in [-0.25, -0.2) is 4.98 Å². The lowest BCUT2D eigenvalue weighted by molar-refractivity contribution is 0.294. The smallest absolute Gasteiger partial charge is 0.131 e. The third-order valence-electron chi connectivity index (χ3n) is 4.71. The Morgan fingerprint density at radius 2 is 1.92 bits per heavy atom. The van der Waals surface area contributed by atoms with E-state index >= 15 is 0 Å². The molecule has 0 aliphatic carbocycles. The van der Waals surface area contributed by atoms with E-state index in [9.17, 15) is 0 Å². The fourth-order valence-corrected chi connectivity index (χ4v) is 3.35. The number of benzene rings is 2. The summed E-state index contributed by atoms with van der Waals surface area (Å²) in [5.74, 6) is 0.608. The van der Waals surface area contributed by atoms with Crippen LogP contribution in [0.15, 0.2) is 66.9 Å². The summed E-state index contributed by atoms with van der Waals surface area (Å²) in [6.07, 6.45) is 5.18. The Labute approximate surface area is 142 Å². The number of aromatic nitrogens is 1. The number of nitrogens with two attached hydrogens (primary N) is 1. The SMILES string of the molecule is Nc1nccc2ccc(C3=CCN(Cc4ccccc4)CC3)cc12. The molecule has 2 aromatic carbocycles. The first-order valence-corrected chi connectivity index (χ1v) is 8.39. The minimum absolute atomic E-state index is 0.608. The maximum Gasteiger partial charge on any atom is 0.131 e. The molecule has 1 aliphatic rings. The first kappa shape index (κ1) is 14.9. The van der Waals surface area contributed by atoms with Crippen molar-refractivity contribution >= 4 is 22.2 Å². The number of hydrogen-bond acceptors (Lipinski definition) is 3. The molecular weight excluding hydrogens is 294 g/mol. The van der Waals surface area contributed by atoms with Gasteiger partial charge in [-0.05, 0) is 40.6 Å². The van der Waals surface area contributed by atoms with Crippen molar-refractivity contribution < 1.29 is 0 Å². The highest BCUT2D eigenvalue weighted by Crippen LogP contribution is 2.28. The summed E-state index contributed by atoms with van der Waals surface area (Å²) in [5.41, 5.74) is 10.1. The Bertz CT molecular complexity index is 884. The fourth-order valence-electron chi connectivity index (χ4n) is 3.35. The molecule has 0 atom stereocenters. The van der Waals surface area contributed by atoms with Gasteiger partial charge < -0.3 is 5.73 Å². The Morgan fingerprint density at radius 1 is 1.04 bits per heavy atom. The van der Waals surface area contributed by atoms with E-state index in [2.05, 4.69) is 64.5 Å². The third kappa shape index (κ3) is 3.03. The molecular formula is C21H21N3. The molecule has 0 amide bonds. The highest BCUT2D eigenvalue weighted by atomic mass is 15.1. The summed E-state index contributed by atoms with van der Waals surface area (Å²) in [6, 6.07) is 19.2. The Balaban J connectivity index is 1.53. The summed E-state index contributed by atoms with van der Waals surface area (Å²) in [6.45, 7) is 3.09. The van der Waals surface area contributed by atoms with Crippen LogP contribution in [0.3, 0.4) is 0 Å². The average Bonchev–Trinajstić information content (AvgIpc) is 2.63. The molecule has 2 N–H and O–H groups in total. The maximum atomic E-state index is 6.02. The summed E-state index contributed by atoms with van der Waals surface area (Å²) in [5, 5.41) is 2.19. The van der Waals surface area contributed by atoms with Gasteiger partial charge in [-0.15, -0.1) is 0 Å². The van der Waals surface area contributed by atoms with E-state index in [1.807, 2.05) is 6.07 Å². The highest BCUT2D eigenvalue weighted by Gasteiger charge is 2.14. The Kier molecular flexibility index (Phi) is 4.01. The van der Waals surface area contributed by atoms with Crippen molar-refractivity contribution in [3.63, 3.8) is 0 Å². The van der Waals surface area contributed by atoms with Gasteiger partial charge in [-0.1, -0.05) is 48.5 Å². The second kappa shape index (κ2) is 6.46. The first-order valence-electron chi connectivity index (χ1n) is 8.39. The standard InChI is InChI=1S/C21H21N3/c22-21-20-14-19(7-6-18(20)8-11-23-21)17-9-12-24(13-10-17)15-16-4-2-1-3-5-16/h1-9,11,14H,10,12-13,15H2,(H2,22,23). The molecule has 24 heavy (non-hydrogen) atoms. The van der Waals surface area contributed by atoms with Crippen LogP contribution < -0.4 is 5.73 Å². The lowest BCUT2D eigenvalue weighted by atomic mass is 9.97. The van der Waals surface area contributed by atoms with Gasteiger partial charge in [0, 0.05) is 31.2 Å². The number of nitrogen functional groups attached to an aromatic ring is 1. The van der Waals surface area contributed by atoms with Crippen molar-refractivity contribution in [1.29, 1.82) is 0 Å². The molecule has 1 aromatic heterocycles. The van der Waals surface area contributed by atoms with Crippen LogP contribution in [-0.4, -0.2) is 23.0 Å². The van der Waals surface area contributed by atoms with Crippen LogP contribution in [0.25, 0.3) is 16.3 Å². The summed E-state index contributed by atoms with van der Waals surface area (Å²) < 4.78 is 0. The van der Waals surface area contributed by atoms with Crippen LogP contribution in [0.2, 0.25) is 0 Å². The number of pyridine rings is 1. The predicted octanol–water partition coefficient (Wildman–Crippen LogP) is 4.11. The quantitative estimate of drug-likeness (QED) is 0.791. The van der Waals surface area contributed by atoms with E-state index in [-0.39, 0.29) is 0 Å². The molecule has 0 saturated carbocycles. The number of rotatable bonds is 3. The zero-order chi connectivity index (χ0) is 16.4. The van der Waals surface area contributed by atoms with E-state index in [0.717, 1.165) is 36.8 Å². The topological polar surface area (TPSA) is 42.1 Å². The van der Waals surface area contributed by atoms with Gasteiger partial charge in [0.25, 0.3) is 0 Å². The van der Waals surface area contributed by atoms with Crippen molar-refractivity contribution in [3.8, 4) is 0 Å². The van der Waals surface area contributed by atoms with Crippen LogP contribution in [-0.2, 0) is 6.54 Å². The Morgan fingerprint density at radius 3 is 2.71 bits per heavy atom. The molecule has 0 saturated heterocycles. The van der Waals surface area contributed by atoms with Crippen molar-refractivity contribution in [3.05, 3.63) is 78.0 Å². The van der Waals surface area contributed by atoms with E-state index in [4.69, 9.17) is 5.73 Å². The van der Waals surface area contributed by atoms with Gasteiger partial charge in [0.15, 0.2) is 0 Å². The zero-order valence-corrected chi connectivity index (χ0v) is 13.7. The van der Waals surface area contributed by atoms with Crippen LogP contribution >= 0.6 is 0 Å². The van der Waals surface area contributed by atoms with Crippen LogP contribution in [0.4, 0.5) is 5.82 Å². The van der Waals surface area contributed by atoms with Crippen LogP contribution in [0, 0.1) is 0 Å². The van der Waals surface area contributed by atoms with Gasteiger partial charge in [-0.2, -0.15) is 0 Å². The summed E-state index contributed by atoms with van der Waals surface area (Å²) >= 11 is 0. The molecule has 120 valence electrons. The molecule has 0 fully saturated rings. The minimum Gasteiger partial charge on any atom is -0.383 e. The molecule has 3 nitrogen and oxygen atoms in total. The second-order valence-corrected chi connectivity index (χ2v) is 6.33. The Hall–Kier alpha value is -2.65. The molecule has 3 heteroatoms. The molecule has 4 rings (SSSR count). The molecule has 0 unspecified atom stereocenters. The fraction of sp³-hybridized carbons (Fsp3) is 0.190. The second-order valence-electron chi connectivity index (χ2n) is 6.33. The minimum atomic E-state index is 0.608. The lowest BCUT2D eigenvalue weighted by Gasteiger charge is -2.26. The first-order chi connectivity index (χ1) is 11.8. The molecule has 0 spiro atoms. The highest BCUT2D eigenvalue weighted by molar-refractivity contribution is 5.93. The average molecular weight is 315 g/mol. The maximum absolute atomic E-state index is 6.02. The largest absolute Gasteiger partial charge is 0.383 e. The number of fused-ring (bicyclic) bond motifs is 1. The van der Waals surface area contributed by atoms with Crippen molar-refractivity contribution in [2.24, 2.45) is 0 Å². The van der Waals surface area contributed by atoms with Crippen LogP contribution in [0.5, 0.6) is 0 Å². The number of nitrogens with zero attached hydrogens (tertiary/aromatic N) is 2. The monoisotopic (exact) mass is 315 g/mol. The molecule has 0 bridgehead atoms. The lowest BCUT2D eigenvalue weighted by Crippen LogP contribution is -2.27. The van der Waals surface area contributed by atoms with Gasteiger partial charge in [0.2, 0.25) is 0 Å². The van der Waals surface area contributed by atoms with Crippen molar-refractivity contribution in [2.45, 2.75) is 13.0 Å². The van der Waals surface area contributed by atoms with E-state index in [1.54, 1.807) is 6.20 Å². The number of anilines is 1. The van der Waals surface area contributed by atoms with Gasteiger partial charge in [-0.3, -0.25) is 4.90 Å². The normalized spacial score (nSPS) is 15.4. The van der Waals surface area contributed by atoms with Crippen molar-refractivity contribution in [1.82, 2.24) is 9.88 Å². The molecule has 3 aromatic rings. The summed E-state index contributed by atoms with van der Waals surface area (Å²) in [4.78, 5) is 6.68. The van der Waals surface area contributed by atoms with E-state index < -0.39 is 0 Å². The molecule has 2 heterocycles. The van der Waals surface area contributed by atoms with Gasteiger partial charge in [0.1, 0.15) is 5.82 Å². The predicted molar refractivity (Wildman–Crippen MR) is 100 cm³/mol. The third-order valence-corrected chi connectivity index (χ3v) is 4.71. The zero-order valence-electron chi connectivity index (χ0n) is 13.7. The van der Waals surface area contributed by atoms with Crippen LogP contribution in [0.1, 0.15) is 17.5 Å². The van der Waals surface area contributed by atoms with Crippen molar-refractivity contribution in [2.75, 3.05) is 18.8 Å². The summed E-state index contributed by atoms with van der Waals surface area (Å²) in [7, 11) is 0. The van der Waals surface area contributed by atoms with E-state index in [1.165, 1.54) is 16.7 Å². The van der Waals surface area contributed by atoms with Gasteiger partial charge in [0.05, 0.1) is 0 Å². The molecule has 0 radical (unpaired) electrons. The van der Waals surface area contributed by atoms with E-state index in [0.29, 0.717) is 5.82 Å². The molecule has 1 aliphatic heterocycles. The van der Waals surface area contributed by atoms with Gasteiger partial charge >= 0.3 is 0 Å². The number of hydrogen-bond donors (Lipinski definition) is 1.